The Bertz CT molecular complexity index is 1090. The fourth-order valence-electron chi connectivity index (χ4n) is 3.54. The number of β-amino-alcohol motifs (C(OH)–C–C–N with tert-alkyl or cyclic N) is 1. The lowest BCUT2D eigenvalue weighted by Gasteiger charge is -2.28. The third kappa shape index (κ3) is 7.64. The van der Waals surface area contributed by atoms with E-state index in [2.05, 4.69) is 21.2 Å². The Morgan fingerprint density at radius 1 is 1.31 bits per heavy atom. The van der Waals surface area contributed by atoms with Gasteiger partial charge in [-0.2, -0.15) is 5.10 Å². The Kier molecular flexibility index (Phi) is 8.66. The second-order valence-electron chi connectivity index (χ2n) is 9.17. The van der Waals surface area contributed by atoms with Crippen LogP contribution in [0.2, 0.25) is 5.02 Å². The second-order valence-corrected chi connectivity index (χ2v) is 9.60. The van der Waals surface area contributed by atoms with Gasteiger partial charge in [0.1, 0.15) is 12.7 Å². The van der Waals surface area contributed by atoms with E-state index in [9.17, 15) is 20.0 Å². The summed E-state index contributed by atoms with van der Waals surface area (Å²) in [5.41, 5.74) is 4.70. The molecule has 1 heterocycles. The van der Waals surface area contributed by atoms with Crippen LogP contribution in [0.4, 0.5) is 11.4 Å². The molecule has 10 nitrogen and oxygen atoms in total. The van der Waals surface area contributed by atoms with Crippen LogP contribution in [-0.4, -0.2) is 53.0 Å². The van der Waals surface area contributed by atoms with Gasteiger partial charge in [-0.25, -0.2) is 5.43 Å². The molecule has 1 aliphatic rings. The number of aliphatic hydroxyl groups excluding tert-OH is 1. The number of nitro groups is 1. The van der Waals surface area contributed by atoms with Gasteiger partial charge in [-0.3, -0.25) is 14.9 Å². The summed E-state index contributed by atoms with van der Waals surface area (Å²) in [5, 5.41) is 32.6. The molecule has 35 heavy (non-hydrogen) atoms. The Labute approximate surface area is 208 Å². The summed E-state index contributed by atoms with van der Waals surface area (Å²) in [6.45, 7) is 6.64. The summed E-state index contributed by atoms with van der Waals surface area (Å²) in [4.78, 5) is 22.0. The molecule has 3 rings (SSSR count). The molecule has 2 unspecified atom stereocenters. The normalized spacial score (nSPS) is 16.8. The van der Waals surface area contributed by atoms with Gasteiger partial charge in [0.2, 0.25) is 5.91 Å². The number of nitrogens with zero attached hydrogens (tertiary/aromatic N) is 2. The van der Waals surface area contributed by atoms with E-state index in [4.69, 9.17) is 16.3 Å². The van der Waals surface area contributed by atoms with Crippen LogP contribution >= 0.6 is 11.6 Å². The number of hydrogen-bond acceptors (Lipinski definition) is 8. The first-order chi connectivity index (χ1) is 16.5. The zero-order valence-electron chi connectivity index (χ0n) is 19.9. The van der Waals surface area contributed by atoms with Crippen LogP contribution in [0.5, 0.6) is 5.75 Å². The van der Waals surface area contributed by atoms with Gasteiger partial charge in [0.25, 0.3) is 0 Å². The lowest BCUT2D eigenvalue weighted by atomic mass is 9.94. The highest BCUT2D eigenvalue weighted by molar-refractivity contribution is 6.30. The average molecular weight is 504 g/mol. The molecule has 0 aromatic heterocycles. The van der Waals surface area contributed by atoms with Gasteiger partial charge in [-0.05, 0) is 37.6 Å². The van der Waals surface area contributed by atoms with Crippen LogP contribution in [0.1, 0.15) is 32.8 Å². The van der Waals surface area contributed by atoms with Crippen molar-refractivity contribution in [2.75, 3.05) is 25.0 Å². The molecule has 0 aliphatic carbocycles. The van der Waals surface area contributed by atoms with Gasteiger partial charge < -0.3 is 20.5 Å². The minimum atomic E-state index is -0.883. The van der Waals surface area contributed by atoms with E-state index >= 15 is 0 Å². The number of hydrazone groups is 1. The maximum Gasteiger partial charge on any atom is 0.311 e. The Hall–Kier alpha value is -3.21. The Morgan fingerprint density at radius 3 is 2.69 bits per heavy atom. The first kappa shape index (κ1) is 26.4. The minimum absolute atomic E-state index is 0.0156. The van der Waals surface area contributed by atoms with Crippen LogP contribution in [0.25, 0.3) is 0 Å². The number of nitro benzene ring substituents is 1. The van der Waals surface area contributed by atoms with Crippen LogP contribution < -0.4 is 20.8 Å². The summed E-state index contributed by atoms with van der Waals surface area (Å²) in [6, 6.07) is 11.9. The smallest absolute Gasteiger partial charge is 0.311 e. The zero-order chi connectivity index (χ0) is 25.6. The van der Waals surface area contributed by atoms with Crippen molar-refractivity contribution >= 4 is 34.6 Å². The van der Waals surface area contributed by atoms with E-state index < -0.39 is 11.0 Å². The molecular formula is C24H30ClN5O5. The molecule has 0 spiro atoms. The molecule has 0 saturated heterocycles. The highest BCUT2D eigenvalue weighted by atomic mass is 35.5. The van der Waals surface area contributed by atoms with Crippen molar-refractivity contribution in [3.63, 3.8) is 0 Å². The molecule has 0 fully saturated rings. The number of carbonyl (C=O) groups is 1. The molecular weight excluding hydrogens is 474 g/mol. The van der Waals surface area contributed by atoms with Crippen molar-refractivity contribution in [1.82, 2.24) is 10.7 Å². The van der Waals surface area contributed by atoms with Crippen molar-refractivity contribution in [2.24, 2.45) is 11.0 Å². The van der Waals surface area contributed by atoms with E-state index in [0.717, 1.165) is 17.0 Å². The van der Waals surface area contributed by atoms with Crippen molar-refractivity contribution in [3.8, 4) is 5.75 Å². The molecule has 1 amide bonds. The number of rotatable bonds is 11. The molecule has 0 saturated carbocycles. The predicted octanol–water partition coefficient (Wildman–Crippen LogP) is 3.33. The first-order valence-corrected chi connectivity index (χ1v) is 11.6. The number of ether oxygens (including phenoxy) is 1. The molecule has 2 atom stereocenters. The summed E-state index contributed by atoms with van der Waals surface area (Å²) in [5.74, 6) is 0.00438. The number of benzene rings is 2. The van der Waals surface area contributed by atoms with Gasteiger partial charge in [0, 0.05) is 53.8 Å². The predicted molar refractivity (Wildman–Crippen MR) is 135 cm³/mol. The second kappa shape index (κ2) is 11.5. The van der Waals surface area contributed by atoms with Gasteiger partial charge >= 0.3 is 5.69 Å². The van der Waals surface area contributed by atoms with E-state index in [1.165, 1.54) is 18.2 Å². The maximum atomic E-state index is 11.4. The van der Waals surface area contributed by atoms with Crippen LogP contribution in [0, 0.1) is 16.0 Å². The van der Waals surface area contributed by atoms with Crippen LogP contribution in [0.3, 0.4) is 0 Å². The molecule has 0 bridgehead atoms. The molecule has 2 aromatic carbocycles. The van der Waals surface area contributed by atoms with Gasteiger partial charge in [-0.1, -0.05) is 30.7 Å². The van der Waals surface area contributed by atoms with E-state index in [1.54, 1.807) is 0 Å². The van der Waals surface area contributed by atoms with Crippen LogP contribution in [0.15, 0.2) is 47.6 Å². The highest BCUT2D eigenvalue weighted by Crippen LogP contribution is 2.30. The van der Waals surface area contributed by atoms with E-state index in [1.807, 2.05) is 45.0 Å². The van der Waals surface area contributed by atoms with E-state index in [-0.39, 0.29) is 42.0 Å². The van der Waals surface area contributed by atoms with Crippen LogP contribution in [-0.2, 0) is 4.79 Å². The number of aliphatic hydroxyl groups is 1. The third-order valence-electron chi connectivity index (χ3n) is 5.54. The standard InChI is InChI=1S/C24H30ClN5O5/c1-15-10-22(32)28-29-23(15)16-4-7-18(8-5-16)26-14-24(2,3)27-12-19(31)13-35-21-11-17(25)6-9-20(21)30(33)34/h4-9,11,15,19,26-27,31H,10,12-14H2,1-3H3,(H,28,32). The highest BCUT2D eigenvalue weighted by Gasteiger charge is 2.22. The van der Waals surface area contributed by atoms with Crippen molar-refractivity contribution in [2.45, 2.75) is 38.8 Å². The summed E-state index contributed by atoms with van der Waals surface area (Å²) < 4.78 is 5.45. The number of halogens is 1. The number of amides is 1. The van der Waals surface area contributed by atoms with Gasteiger partial charge in [-0.15, -0.1) is 0 Å². The van der Waals surface area contributed by atoms with Crippen molar-refractivity contribution in [1.29, 1.82) is 0 Å². The van der Waals surface area contributed by atoms with Gasteiger partial charge in [0.05, 0.1) is 10.6 Å². The van der Waals surface area contributed by atoms with E-state index in [0.29, 0.717) is 18.0 Å². The summed E-state index contributed by atoms with van der Waals surface area (Å²) >= 11 is 5.90. The first-order valence-electron chi connectivity index (χ1n) is 11.2. The minimum Gasteiger partial charge on any atom is -0.484 e. The molecule has 4 N–H and O–H groups in total. The molecule has 1 aliphatic heterocycles. The SMILES string of the molecule is CC1CC(=O)NN=C1c1ccc(NCC(C)(C)NCC(O)COc2cc(Cl)ccc2[N+](=O)[O-])cc1. The molecule has 0 radical (unpaired) electrons. The zero-order valence-corrected chi connectivity index (χ0v) is 20.6. The average Bonchev–Trinajstić information content (AvgIpc) is 2.80. The topological polar surface area (TPSA) is 138 Å². The largest absolute Gasteiger partial charge is 0.484 e. The number of anilines is 1. The quantitative estimate of drug-likeness (QED) is 0.272. The maximum absolute atomic E-state index is 11.4. The number of carbonyl (C=O) groups excluding carboxylic acids is 1. The summed E-state index contributed by atoms with van der Waals surface area (Å²) in [6.07, 6.45) is -0.461. The van der Waals surface area contributed by atoms with Crippen molar-refractivity contribution < 1.29 is 19.6 Å². The molecule has 188 valence electrons. The Balaban J connectivity index is 1.46. The van der Waals surface area contributed by atoms with Crippen molar-refractivity contribution in [3.05, 3.63) is 63.2 Å². The fourth-order valence-corrected chi connectivity index (χ4v) is 3.70. The lowest BCUT2D eigenvalue weighted by molar-refractivity contribution is -0.385. The monoisotopic (exact) mass is 503 g/mol. The lowest BCUT2D eigenvalue weighted by Crippen LogP contribution is -2.49. The third-order valence-corrected chi connectivity index (χ3v) is 5.78. The fraction of sp³-hybridized carbons (Fsp3) is 0.417. The molecule has 2 aromatic rings. The van der Waals surface area contributed by atoms with Gasteiger partial charge in [0.15, 0.2) is 5.75 Å². The summed E-state index contributed by atoms with van der Waals surface area (Å²) in [7, 11) is 0. The number of hydrogen-bond donors (Lipinski definition) is 4. The molecule has 11 heteroatoms. The Morgan fingerprint density at radius 2 is 2.03 bits per heavy atom. The number of nitrogens with one attached hydrogen (secondary N) is 3.